The van der Waals surface area contributed by atoms with Gasteiger partial charge in [-0.1, -0.05) is 24.3 Å². The van der Waals surface area contributed by atoms with Crippen molar-refractivity contribution in [2.75, 3.05) is 5.32 Å². The van der Waals surface area contributed by atoms with E-state index in [1.54, 1.807) is 16.8 Å². The predicted molar refractivity (Wildman–Crippen MR) is 112 cm³/mol. The van der Waals surface area contributed by atoms with Crippen molar-refractivity contribution >= 4 is 17.6 Å². The van der Waals surface area contributed by atoms with E-state index in [9.17, 15) is 9.18 Å². The van der Waals surface area contributed by atoms with Crippen molar-refractivity contribution in [3.05, 3.63) is 82.4 Å². The van der Waals surface area contributed by atoms with Crippen molar-refractivity contribution in [3.63, 3.8) is 0 Å². The minimum absolute atomic E-state index is 0.0417. The summed E-state index contributed by atoms with van der Waals surface area (Å²) >= 11 is 0. The first-order valence-electron chi connectivity index (χ1n) is 9.28. The standard InChI is InChI=1S/C22H24FN5O/c1-14-8-7-9-17(12-14)25-22(24-13-19-15(2)27-28(4)16(19)3)26-21(29)18-10-5-6-11-20(18)23/h5-12H,13H2,1-4H3,(H2,24,25,26,29). The Hall–Kier alpha value is -3.48. The van der Waals surface area contributed by atoms with Gasteiger partial charge in [-0.05, 0) is 50.6 Å². The second kappa shape index (κ2) is 8.68. The Morgan fingerprint density at radius 2 is 1.90 bits per heavy atom. The SMILES string of the molecule is Cc1cccc(NC(=NCc2c(C)nn(C)c2C)NC(=O)c2ccccc2F)c1. The molecular weight excluding hydrogens is 369 g/mol. The Kier molecular flexibility index (Phi) is 6.07. The Morgan fingerprint density at radius 1 is 1.14 bits per heavy atom. The zero-order valence-corrected chi connectivity index (χ0v) is 17.0. The number of aromatic nitrogens is 2. The van der Waals surface area contributed by atoms with Crippen molar-refractivity contribution in [2.24, 2.45) is 12.0 Å². The molecule has 0 radical (unpaired) electrons. The van der Waals surface area contributed by atoms with E-state index in [0.717, 1.165) is 28.2 Å². The first-order valence-corrected chi connectivity index (χ1v) is 9.28. The smallest absolute Gasteiger partial charge is 0.260 e. The number of guanidine groups is 1. The summed E-state index contributed by atoms with van der Waals surface area (Å²) in [7, 11) is 1.88. The lowest BCUT2D eigenvalue weighted by Crippen LogP contribution is -2.36. The van der Waals surface area contributed by atoms with Crippen LogP contribution in [0.25, 0.3) is 0 Å². The summed E-state index contributed by atoms with van der Waals surface area (Å²) < 4.78 is 15.8. The lowest BCUT2D eigenvalue weighted by Gasteiger charge is -2.13. The maximum Gasteiger partial charge on any atom is 0.260 e. The molecule has 0 aliphatic heterocycles. The fraction of sp³-hybridized carbons (Fsp3) is 0.227. The van der Waals surface area contributed by atoms with Crippen LogP contribution in [0.5, 0.6) is 0 Å². The molecule has 1 aromatic heterocycles. The number of rotatable bonds is 4. The van der Waals surface area contributed by atoms with Crippen LogP contribution in [0.2, 0.25) is 0 Å². The minimum atomic E-state index is -0.584. The fourth-order valence-electron chi connectivity index (χ4n) is 2.99. The molecule has 3 aromatic rings. The summed E-state index contributed by atoms with van der Waals surface area (Å²) in [6.45, 7) is 6.19. The number of nitrogens with zero attached hydrogens (tertiary/aromatic N) is 3. The van der Waals surface area contributed by atoms with E-state index in [-0.39, 0.29) is 11.5 Å². The van der Waals surface area contributed by atoms with Gasteiger partial charge in [0, 0.05) is 24.0 Å². The molecule has 0 saturated carbocycles. The zero-order chi connectivity index (χ0) is 21.0. The number of amides is 1. The summed E-state index contributed by atoms with van der Waals surface area (Å²) in [6.07, 6.45) is 0. The van der Waals surface area contributed by atoms with Gasteiger partial charge in [-0.2, -0.15) is 5.10 Å². The molecule has 2 N–H and O–H groups in total. The topological polar surface area (TPSA) is 71.3 Å². The number of hydrogen-bond acceptors (Lipinski definition) is 3. The molecule has 0 atom stereocenters. The highest BCUT2D eigenvalue weighted by Gasteiger charge is 2.14. The number of aliphatic imine (C=N–C) groups is 1. The van der Waals surface area contributed by atoms with Gasteiger partial charge < -0.3 is 5.32 Å². The van der Waals surface area contributed by atoms with Gasteiger partial charge in [0.1, 0.15) is 5.82 Å². The van der Waals surface area contributed by atoms with Gasteiger partial charge in [-0.15, -0.1) is 0 Å². The molecule has 0 unspecified atom stereocenters. The number of carbonyl (C=O) groups excluding carboxylic acids is 1. The lowest BCUT2D eigenvalue weighted by atomic mass is 10.2. The van der Waals surface area contributed by atoms with E-state index in [1.165, 1.54) is 12.1 Å². The summed E-state index contributed by atoms with van der Waals surface area (Å²) in [5, 5.41) is 10.2. The van der Waals surface area contributed by atoms with Crippen LogP contribution in [0, 0.1) is 26.6 Å². The van der Waals surface area contributed by atoms with Gasteiger partial charge in [-0.25, -0.2) is 9.38 Å². The van der Waals surface area contributed by atoms with Crippen molar-refractivity contribution in [2.45, 2.75) is 27.3 Å². The molecule has 6 nitrogen and oxygen atoms in total. The molecule has 1 amide bonds. The van der Waals surface area contributed by atoms with Gasteiger partial charge in [0.25, 0.3) is 5.91 Å². The number of anilines is 1. The average Bonchev–Trinajstić information content (AvgIpc) is 2.91. The summed E-state index contributed by atoms with van der Waals surface area (Å²) in [4.78, 5) is 17.1. The van der Waals surface area contributed by atoms with Crippen LogP contribution in [-0.2, 0) is 13.6 Å². The fourth-order valence-corrected chi connectivity index (χ4v) is 2.99. The summed E-state index contributed by atoms with van der Waals surface area (Å²) in [5.41, 5.74) is 4.66. The Labute approximate surface area is 169 Å². The van der Waals surface area contributed by atoms with E-state index < -0.39 is 11.7 Å². The van der Waals surface area contributed by atoms with Crippen LogP contribution in [0.3, 0.4) is 0 Å². The van der Waals surface area contributed by atoms with E-state index in [2.05, 4.69) is 20.7 Å². The van der Waals surface area contributed by atoms with Crippen molar-refractivity contribution in [3.8, 4) is 0 Å². The minimum Gasteiger partial charge on any atom is -0.326 e. The number of nitrogens with one attached hydrogen (secondary N) is 2. The van der Waals surface area contributed by atoms with Crippen LogP contribution >= 0.6 is 0 Å². The third-order valence-electron chi connectivity index (χ3n) is 4.69. The molecule has 0 bridgehead atoms. The maximum atomic E-state index is 14.0. The van der Waals surface area contributed by atoms with Crippen LogP contribution in [0.15, 0.2) is 53.5 Å². The largest absolute Gasteiger partial charge is 0.326 e. The lowest BCUT2D eigenvalue weighted by molar-refractivity contribution is 0.0973. The molecule has 1 heterocycles. The van der Waals surface area contributed by atoms with E-state index in [1.807, 2.05) is 52.1 Å². The van der Waals surface area contributed by atoms with Gasteiger partial charge in [0.15, 0.2) is 0 Å². The Bertz CT molecular complexity index is 1070. The molecule has 0 saturated heterocycles. The molecule has 0 spiro atoms. The predicted octanol–water partition coefficient (Wildman–Crippen LogP) is 3.88. The molecule has 0 aliphatic rings. The highest BCUT2D eigenvalue weighted by Crippen LogP contribution is 2.14. The van der Waals surface area contributed by atoms with Gasteiger partial charge in [-0.3, -0.25) is 14.8 Å². The Balaban J connectivity index is 1.88. The van der Waals surface area contributed by atoms with Crippen molar-refractivity contribution in [1.29, 1.82) is 0 Å². The third-order valence-corrected chi connectivity index (χ3v) is 4.69. The van der Waals surface area contributed by atoms with Crippen LogP contribution in [-0.4, -0.2) is 21.6 Å². The van der Waals surface area contributed by atoms with Gasteiger partial charge in [0.05, 0.1) is 17.8 Å². The molecule has 0 aliphatic carbocycles. The Morgan fingerprint density at radius 3 is 2.55 bits per heavy atom. The third kappa shape index (κ3) is 4.87. The first-order chi connectivity index (χ1) is 13.8. The molecule has 0 fully saturated rings. The highest BCUT2D eigenvalue weighted by atomic mass is 19.1. The monoisotopic (exact) mass is 393 g/mol. The number of halogens is 1. The molecular formula is C22H24FN5O. The summed E-state index contributed by atoms with van der Waals surface area (Å²) in [6, 6.07) is 13.5. The van der Waals surface area contributed by atoms with E-state index in [0.29, 0.717) is 6.54 Å². The second-order valence-electron chi connectivity index (χ2n) is 6.87. The van der Waals surface area contributed by atoms with Crippen molar-refractivity contribution in [1.82, 2.24) is 15.1 Å². The normalized spacial score (nSPS) is 11.4. The highest BCUT2D eigenvalue weighted by molar-refractivity contribution is 6.10. The average molecular weight is 393 g/mol. The van der Waals surface area contributed by atoms with Crippen LogP contribution < -0.4 is 10.6 Å². The molecule has 150 valence electrons. The molecule has 3 rings (SSSR count). The zero-order valence-electron chi connectivity index (χ0n) is 17.0. The number of aryl methyl sites for hydroxylation is 3. The van der Waals surface area contributed by atoms with Gasteiger partial charge in [0.2, 0.25) is 5.96 Å². The molecule has 7 heteroatoms. The quantitative estimate of drug-likeness (QED) is 0.522. The molecule has 2 aromatic carbocycles. The summed E-state index contributed by atoms with van der Waals surface area (Å²) in [5.74, 6) is -0.910. The van der Waals surface area contributed by atoms with Crippen LogP contribution in [0.4, 0.5) is 10.1 Å². The van der Waals surface area contributed by atoms with Gasteiger partial charge >= 0.3 is 0 Å². The van der Waals surface area contributed by atoms with Crippen LogP contribution in [0.1, 0.15) is 32.9 Å². The number of hydrogen-bond donors (Lipinski definition) is 2. The number of benzene rings is 2. The number of carbonyl (C=O) groups is 1. The second-order valence-corrected chi connectivity index (χ2v) is 6.87. The molecule has 29 heavy (non-hydrogen) atoms. The maximum absolute atomic E-state index is 14.0. The first kappa shape index (κ1) is 20.3. The van der Waals surface area contributed by atoms with Crippen molar-refractivity contribution < 1.29 is 9.18 Å². The van der Waals surface area contributed by atoms with E-state index >= 15 is 0 Å². The van der Waals surface area contributed by atoms with E-state index in [4.69, 9.17) is 0 Å².